The molecule has 2 rings (SSSR count). The quantitative estimate of drug-likeness (QED) is 0.515. The third-order valence-electron chi connectivity index (χ3n) is 2.56. The van der Waals surface area contributed by atoms with Crippen LogP contribution in [-0.4, -0.2) is 35.5 Å². The van der Waals surface area contributed by atoms with E-state index >= 15 is 0 Å². The summed E-state index contributed by atoms with van der Waals surface area (Å²) in [6.07, 6.45) is 3.73. The molecule has 0 bridgehead atoms. The van der Waals surface area contributed by atoms with Crippen LogP contribution in [-0.2, 0) is 14.3 Å². The van der Waals surface area contributed by atoms with E-state index in [0.29, 0.717) is 12.8 Å². The highest BCUT2D eigenvalue weighted by atomic mass is 16.6. The summed E-state index contributed by atoms with van der Waals surface area (Å²) in [5, 5.41) is 9.28. The van der Waals surface area contributed by atoms with Crippen LogP contribution in [0.4, 0.5) is 0 Å². The van der Waals surface area contributed by atoms with Gasteiger partial charge in [0.05, 0.1) is 6.10 Å². The SMILES string of the molecule is CC(O)[C@H]1C=C[C@@H]([C@@H]2CCC(=O)O2)O1. The number of aliphatic hydroxyl groups is 1. The van der Waals surface area contributed by atoms with Crippen molar-refractivity contribution in [1.82, 2.24) is 0 Å². The van der Waals surface area contributed by atoms with Crippen LogP contribution in [0.1, 0.15) is 19.8 Å². The average molecular weight is 198 g/mol. The maximum atomic E-state index is 10.9. The van der Waals surface area contributed by atoms with E-state index in [4.69, 9.17) is 9.47 Å². The zero-order valence-electron chi connectivity index (χ0n) is 8.05. The first kappa shape index (κ1) is 9.68. The lowest BCUT2D eigenvalue weighted by Gasteiger charge is -2.19. The fraction of sp³-hybridized carbons (Fsp3) is 0.700. The van der Waals surface area contributed by atoms with Crippen molar-refractivity contribution < 1.29 is 19.4 Å². The summed E-state index contributed by atoms with van der Waals surface area (Å²) in [4.78, 5) is 10.9. The smallest absolute Gasteiger partial charge is 0.306 e. The molecule has 0 spiro atoms. The van der Waals surface area contributed by atoms with Gasteiger partial charge in [0.15, 0.2) is 0 Å². The van der Waals surface area contributed by atoms with Crippen molar-refractivity contribution in [3.8, 4) is 0 Å². The molecule has 0 aliphatic carbocycles. The van der Waals surface area contributed by atoms with E-state index < -0.39 is 6.10 Å². The van der Waals surface area contributed by atoms with E-state index in [1.807, 2.05) is 12.2 Å². The molecule has 2 heterocycles. The van der Waals surface area contributed by atoms with Gasteiger partial charge < -0.3 is 14.6 Å². The Bertz CT molecular complexity index is 259. The van der Waals surface area contributed by atoms with E-state index in [1.54, 1.807) is 6.92 Å². The predicted molar refractivity (Wildman–Crippen MR) is 48.6 cm³/mol. The van der Waals surface area contributed by atoms with Gasteiger partial charge in [0.2, 0.25) is 0 Å². The molecule has 1 saturated heterocycles. The predicted octanol–water partition coefficient (Wildman–Crippen LogP) is 0.396. The molecule has 0 aromatic heterocycles. The van der Waals surface area contributed by atoms with E-state index in [9.17, 15) is 9.90 Å². The van der Waals surface area contributed by atoms with Crippen LogP contribution in [0.25, 0.3) is 0 Å². The number of carbonyl (C=O) groups is 1. The molecule has 2 aliphatic heterocycles. The van der Waals surface area contributed by atoms with Crippen LogP contribution in [0.15, 0.2) is 12.2 Å². The summed E-state index contributed by atoms with van der Waals surface area (Å²) in [5.41, 5.74) is 0. The zero-order chi connectivity index (χ0) is 10.1. The summed E-state index contributed by atoms with van der Waals surface area (Å²) in [7, 11) is 0. The third-order valence-corrected chi connectivity index (χ3v) is 2.56. The van der Waals surface area contributed by atoms with Crippen molar-refractivity contribution in [3.05, 3.63) is 12.2 Å². The largest absolute Gasteiger partial charge is 0.459 e. The molecule has 1 N–H and O–H groups in total. The monoisotopic (exact) mass is 198 g/mol. The van der Waals surface area contributed by atoms with Gasteiger partial charge in [0.1, 0.15) is 18.3 Å². The van der Waals surface area contributed by atoms with E-state index in [-0.39, 0.29) is 24.3 Å². The van der Waals surface area contributed by atoms with Gasteiger partial charge in [-0.15, -0.1) is 0 Å². The number of hydrogen-bond acceptors (Lipinski definition) is 4. The van der Waals surface area contributed by atoms with Gasteiger partial charge in [-0.05, 0) is 13.3 Å². The number of rotatable bonds is 2. The van der Waals surface area contributed by atoms with E-state index in [0.717, 1.165) is 0 Å². The molecule has 78 valence electrons. The number of esters is 1. The zero-order valence-corrected chi connectivity index (χ0v) is 8.05. The van der Waals surface area contributed by atoms with Crippen LogP contribution in [0, 0.1) is 0 Å². The van der Waals surface area contributed by atoms with Crippen molar-refractivity contribution in [3.63, 3.8) is 0 Å². The Morgan fingerprint density at radius 3 is 2.86 bits per heavy atom. The molecule has 14 heavy (non-hydrogen) atoms. The Morgan fingerprint density at radius 2 is 2.36 bits per heavy atom. The van der Waals surface area contributed by atoms with E-state index in [1.165, 1.54) is 0 Å². The molecule has 0 aromatic carbocycles. The summed E-state index contributed by atoms with van der Waals surface area (Å²) >= 11 is 0. The topological polar surface area (TPSA) is 55.8 Å². The Kier molecular flexibility index (Phi) is 2.56. The second-order valence-electron chi connectivity index (χ2n) is 3.76. The lowest BCUT2D eigenvalue weighted by Crippen LogP contribution is -2.30. The Labute approximate surface area is 82.5 Å². The molecule has 1 fully saturated rings. The molecule has 0 aromatic rings. The molecule has 0 amide bonds. The molecule has 4 nitrogen and oxygen atoms in total. The molecular formula is C10H14O4. The highest BCUT2D eigenvalue weighted by molar-refractivity contribution is 5.71. The number of carbonyl (C=O) groups excluding carboxylic acids is 1. The molecule has 0 radical (unpaired) electrons. The van der Waals surface area contributed by atoms with Crippen molar-refractivity contribution >= 4 is 5.97 Å². The van der Waals surface area contributed by atoms with Gasteiger partial charge in [-0.1, -0.05) is 12.2 Å². The number of hydrogen-bond donors (Lipinski definition) is 1. The van der Waals surface area contributed by atoms with Crippen LogP contribution < -0.4 is 0 Å². The molecule has 1 unspecified atom stereocenters. The van der Waals surface area contributed by atoms with Crippen LogP contribution in [0.3, 0.4) is 0 Å². The fourth-order valence-electron chi connectivity index (χ4n) is 1.76. The number of aliphatic hydroxyl groups excluding tert-OH is 1. The van der Waals surface area contributed by atoms with Gasteiger partial charge in [-0.2, -0.15) is 0 Å². The van der Waals surface area contributed by atoms with E-state index in [2.05, 4.69) is 0 Å². The highest BCUT2D eigenvalue weighted by Gasteiger charge is 2.35. The van der Waals surface area contributed by atoms with Gasteiger partial charge in [-0.25, -0.2) is 0 Å². The first-order valence-corrected chi connectivity index (χ1v) is 4.88. The summed E-state index contributed by atoms with van der Waals surface area (Å²) < 4.78 is 10.6. The Balaban J connectivity index is 1.90. The molecule has 4 atom stereocenters. The van der Waals surface area contributed by atoms with Gasteiger partial charge in [0.25, 0.3) is 0 Å². The summed E-state index contributed by atoms with van der Waals surface area (Å²) in [5.74, 6) is -0.160. The van der Waals surface area contributed by atoms with Crippen molar-refractivity contribution in [2.75, 3.05) is 0 Å². The minimum Gasteiger partial charge on any atom is -0.459 e. The number of ether oxygens (including phenoxy) is 2. The summed E-state index contributed by atoms with van der Waals surface area (Å²) in [6.45, 7) is 1.68. The second-order valence-corrected chi connectivity index (χ2v) is 3.76. The lowest BCUT2D eigenvalue weighted by molar-refractivity contribution is -0.146. The normalized spacial score (nSPS) is 38.7. The van der Waals surface area contributed by atoms with Crippen molar-refractivity contribution in [2.45, 2.75) is 44.2 Å². The van der Waals surface area contributed by atoms with Crippen LogP contribution in [0.2, 0.25) is 0 Å². The third kappa shape index (κ3) is 1.81. The van der Waals surface area contributed by atoms with Crippen LogP contribution in [0.5, 0.6) is 0 Å². The molecule has 4 heteroatoms. The maximum absolute atomic E-state index is 10.9. The van der Waals surface area contributed by atoms with Gasteiger partial charge >= 0.3 is 5.97 Å². The summed E-state index contributed by atoms with van der Waals surface area (Å²) in [6, 6.07) is 0. The minimum absolute atomic E-state index is 0.160. The van der Waals surface area contributed by atoms with Gasteiger partial charge in [-0.3, -0.25) is 4.79 Å². The minimum atomic E-state index is -0.520. The Hall–Kier alpha value is -0.870. The lowest BCUT2D eigenvalue weighted by atomic mass is 10.1. The van der Waals surface area contributed by atoms with Crippen LogP contribution >= 0.6 is 0 Å². The molecule has 0 saturated carbocycles. The second kappa shape index (κ2) is 3.71. The average Bonchev–Trinajstić information content (AvgIpc) is 2.70. The van der Waals surface area contributed by atoms with Crippen molar-refractivity contribution in [2.24, 2.45) is 0 Å². The first-order chi connectivity index (χ1) is 6.66. The molecule has 2 aliphatic rings. The Morgan fingerprint density at radius 1 is 1.57 bits per heavy atom. The fourth-order valence-corrected chi connectivity index (χ4v) is 1.76. The van der Waals surface area contributed by atoms with Crippen molar-refractivity contribution in [1.29, 1.82) is 0 Å². The molecular weight excluding hydrogens is 184 g/mol. The highest BCUT2D eigenvalue weighted by Crippen LogP contribution is 2.25. The van der Waals surface area contributed by atoms with Gasteiger partial charge in [0, 0.05) is 6.42 Å². The first-order valence-electron chi connectivity index (χ1n) is 4.88. The standard InChI is InChI=1S/C10H14O4/c1-6(11)7-2-3-8(13-7)9-4-5-10(12)14-9/h2-3,6-9,11H,4-5H2,1H3/t6?,7-,8+,9+/m1/s1. The number of cyclic esters (lactones) is 1. The maximum Gasteiger partial charge on any atom is 0.306 e.